The lowest BCUT2D eigenvalue weighted by atomic mass is 9.87. The van der Waals surface area contributed by atoms with Gasteiger partial charge in [-0.2, -0.15) is 13.2 Å². The van der Waals surface area contributed by atoms with Crippen LogP contribution in [0.4, 0.5) is 18.0 Å². The molecule has 0 bridgehead atoms. The van der Waals surface area contributed by atoms with Crippen molar-refractivity contribution in [3.05, 3.63) is 34.9 Å². The Bertz CT molecular complexity index is 711. The molecule has 1 aliphatic heterocycles. The number of carbonyl (C=O) groups is 3. The number of halogens is 4. The van der Waals surface area contributed by atoms with Gasteiger partial charge in [0, 0.05) is 5.02 Å². The Kier molecular flexibility index (Phi) is 5.26. The summed E-state index contributed by atoms with van der Waals surface area (Å²) < 4.78 is 36.4. The van der Waals surface area contributed by atoms with Crippen molar-refractivity contribution in [2.45, 2.75) is 25.1 Å². The number of amides is 4. The number of nitrogens with zero attached hydrogens (tertiary/aromatic N) is 1. The Labute approximate surface area is 146 Å². The summed E-state index contributed by atoms with van der Waals surface area (Å²) in [5.74, 6) is -1.80. The first-order valence-electron chi connectivity index (χ1n) is 7.32. The summed E-state index contributed by atoms with van der Waals surface area (Å²) in [5, 5.41) is 4.50. The van der Waals surface area contributed by atoms with Crippen molar-refractivity contribution in [1.29, 1.82) is 0 Å². The van der Waals surface area contributed by atoms with Crippen LogP contribution in [0.5, 0.6) is 0 Å². The molecular formula is C15H15ClF3N3O3. The molecule has 25 heavy (non-hydrogen) atoms. The van der Waals surface area contributed by atoms with Gasteiger partial charge in [0.1, 0.15) is 18.6 Å². The lowest BCUT2D eigenvalue weighted by molar-refractivity contribution is -0.141. The molecule has 1 aromatic rings. The molecule has 0 saturated carbocycles. The van der Waals surface area contributed by atoms with E-state index < -0.39 is 42.7 Å². The molecule has 1 aliphatic rings. The summed E-state index contributed by atoms with van der Waals surface area (Å²) in [4.78, 5) is 37.0. The van der Waals surface area contributed by atoms with Gasteiger partial charge in [0.25, 0.3) is 5.91 Å². The first-order valence-corrected chi connectivity index (χ1v) is 7.70. The summed E-state index contributed by atoms with van der Waals surface area (Å²) >= 11 is 5.92. The van der Waals surface area contributed by atoms with Crippen LogP contribution in [0.3, 0.4) is 0 Å². The highest BCUT2D eigenvalue weighted by atomic mass is 35.5. The van der Waals surface area contributed by atoms with Gasteiger partial charge in [0.05, 0.1) is 0 Å². The van der Waals surface area contributed by atoms with Crippen LogP contribution >= 0.6 is 11.6 Å². The van der Waals surface area contributed by atoms with Crippen molar-refractivity contribution < 1.29 is 27.6 Å². The van der Waals surface area contributed by atoms with Crippen LogP contribution in [0.25, 0.3) is 0 Å². The maximum atomic E-state index is 12.7. The Morgan fingerprint density at radius 3 is 2.60 bits per heavy atom. The van der Waals surface area contributed by atoms with Gasteiger partial charge in [0.15, 0.2) is 0 Å². The topological polar surface area (TPSA) is 78.5 Å². The van der Waals surface area contributed by atoms with Gasteiger partial charge in [-0.05, 0) is 24.1 Å². The molecule has 0 aliphatic carbocycles. The second-order valence-corrected chi connectivity index (χ2v) is 5.92. The largest absolute Gasteiger partial charge is 0.405 e. The molecule has 2 rings (SSSR count). The van der Waals surface area contributed by atoms with Crippen molar-refractivity contribution in [3.63, 3.8) is 0 Å². The minimum Gasteiger partial charge on any atom is -0.345 e. The second kappa shape index (κ2) is 6.91. The van der Waals surface area contributed by atoms with E-state index >= 15 is 0 Å². The van der Waals surface area contributed by atoms with Crippen molar-refractivity contribution >= 4 is 29.4 Å². The van der Waals surface area contributed by atoms with E-state index in [1.165, 1.54) is 6.07 Å². The smallest absolute Gasteiger partial charge is 0.345 e. The van der Waals surface area contributed by atoms with Crippen LogP contribution in [0.15, 0.2) is 24.3 Å². The van der Waals surface area contributed by atoms with Crippen LogP contribution in [0.2, 0.25) is 5.02 Å². The minimum absolute atomic E-state index is 0.179. The molecule has 1 heterocycles. The Morgan fingerprint density at radius 1 is 1.36 bits per heavy atom. The third-order valence-electron chi connectivity index (χ3n) is 3.81. The van der Waals surface area contributed by atoms with E-state index in [2.05, 4.69) is 5.32 Å². The lowest BCUT2D eigenvalue weighted by Crippen LogP contribution is -2.45. The van der Waals surface area contributed by atoms with E-state index in [0.717, 1.165) is 0 Å². The van der Waals surface area contributed by atoms with Gasteiger partial charge in [0.2, 0.25) is 5.91 Å². The van der Waals surface area contributed by atoms with Gasteiger partial charge >= 0.3 is 12.2 Å². The third kappa shape index (κ3) is 4.04. The van der Waals surface area contributed by atoms with Crippen molar-refractivity contribution in [2.75, 3.05) is 13.1 Å². The van der Waals surface area contributed by atoms with E-state index in [1.807, 2.05) is 0 Å². The molecule has 1 atom stereocenters. The average Bonchev–Trinajstić information content (AvgIpc) is 2.77. The molecular weight excluding hydrogens is 363 g/mol. The predicted molar refractivity (Wildman–Crippen MR) is 82.7 cm³/mol. The lowest BCUT2D eigenvalue weighted by Gasteiger charge is -2.26. The van der Waals surface area contributed by atoms with Gasteiger partial charge in [-0.25, -0.2) is 4.79 Å². The first-order chi connectivity index (χ1) is 11.6. The molecule has 10 heteroatoms. The van der Waals surface area contributed by atoms with Crippen LogP contribution in [0.1, 0.15) is 18.9 Å². The Balaban J connectivity index is 2.19. The second-order valence-electron chi connectivity index (χ2n) is 5.48. The molecule has 136 valence electrons. The Morgan fingerprint density at radius 2 is 2.04 bits per heavy atom. The summed E-state index contributed by atoms with van der Waals surface area (Å²) in [6.45, 7) is -0.682. The quantitative estimate of drug-likeness (QED) is 0.772. The van der Waals surface area contributed by atoms with E-state index in [9.17, 15) is 27.6 Å². The van der Waals surface area contributed by atoms with Crippen LogP contribution in [0, 0.1) is 0 Å². The normalized spacial score (nSPS) is 20.6. The zero-order valence-electron chi connectivity index (χ0n) is 13.1. The predicted octanol–water partition coefficient (Wildman–Crippen LogP) is 2.18. The maximum Gasteiger partial charge on any atom is 0.405 e. The zero-order valence-corrected chi connectivity index (χ0v) is 13.9. The number of hydrogen-bond acceptors (Lipinski definition) is 3. The molecule has 4 amide bonds. The molecule has 0 radical (unpaired) electrons. The SMILES string of the molecule is CC[C@@]1(c2cccc(Cl)c2)NC(=O)N(CC(=O)NCC(F)(F)F)C1=O. The van der Waals surface area contributed by atoms with Gasteiger partial charge < -0.3 is 10.6 Å². The fraction of sp³-hybridized carbons (Fsp3) is 0.400. The summed E-state index contributed by atoms with van der Waals surface area (Å²) in [6, 6.07) is 5.46. The number of urea groups is 1. The molecule has 1 saturated heterocycles. The maximum absolute atomic E-state index is 12.7. The van der Waals surface area contributed by atoms with Crippen LogP contribution < -0.4 is 10.6 Å². The van der Waals surface area contributed by atoms with Crippen molar-refractivity contribution in [2.24, 2.45) is 0 Å². The first kappa shape index (κ1) is 19.0. The van der Waals surface area contributed by atoms with E-state index in [1.54, 1.807) is 30.4 Å². The number of benzene rings is 1. The average molecular weight is 378 g/mol. The number of hydrogen-bond donors (Lipinski definition) is 2. The van der Waals surface area contributed by atoms with Crippen LogP contribution in [-0.2, 0) is 15.1 Å². The summed E-state index contributed by atoms with van der Waals surface area (Å²) in [6.07, 6.45) is -4.40. The van der Waals surface area contributed by atoms with E-state index in [0.29, 0.717) is 15.5 Å². The zero-order chi connectivity index (χ0) is 18.8. The summed E-state index contributed by atoms with van der Waals surface area (Å²) in [7, 11) is 0. The molecule has 0 unspecified atom stereocenters. The molecule has 6 nitrogen and oxygen atoms in total. The van der Waals surface area contributed by atoms with Gasteiger partial charge in [-0.3, -0.25) is 14.5 Å². The molecule has 2 N–H and O–H groups in total. The van der Waals surface area contributed by atoms with Crippen molar-refractivity contribution in [1.82, 2.24) is 15.5 Å². The number of imide groups is 1. The van der Waals surface area contributed by atoms with Gasteiger partial charge in [-0.1, -0.05) is 30.7 Å². The standard InChI is InChI=1S/C15H15ClF3N3O3/c1-2-14(9-4-3-5-10(16)6-9)12(24)22(13(25)21-14)7-11(23)20-8-15(17,18)19/h3-6H,2,7-8H2,1H3,(H,20,23)(H,21,25)/t14-/m0/s1. The highest BCUT2D eigenvalue weighted by Gasteiger charge is 2.51. The van der Waals surface area contributed by atoms with E-state index in [-0.39, 0.29) is 6.42 Å². The highest BCUT2D eigenvalue weighted by Crippen LogP contribution is 2.33. The molecule has 0 aromatic heterocycles. The third-order valence-corrected chi connectivity index (χ3v) is 4.05. The fourth-order valence-corrected chi connectivity index (χ4v) is 2.75. The monoisotopic (exact) mass is 377 g/mol. The van der Waals surface area contributed by atoms with Crippen LogP contribution in [-0.4, -0.2) is 42.0 Å². The molecule has 1 aromatic carbocycles. The van der Waals surface area contributed by atoms with Gasteiger partial charge in [-0.15, -0.1) is 0 Å². The molecule has 0 spiro atoms. The Hall–Kier alpha value is -2.29. The highest BCUT2D eigenvalue weighted by molar-refractivity contribution is 6.30. The molecule has 1 fully saturated rings. The number of alkyl halides is 3. The van der Waals surface area contributed by atoms with Crippen molar-refractivity contribution in [3.8, 4) is 0 Å². The number of carbonyl (C=O) groups excluding carboxylic acids is 3. The minimum atomic E-state index is -4.58. The number of nitrogens with one attached hydrogen (secondary N) is 2. The summed E-state index contributed by atoms with van der Waals surface area (Å²) in [5.41, 5.74) is -0.981. The van der Waals surface area contributed by atoms with E-state index in [4.69, 9.17) is 11.6 Å². The number of rotatable bonds is 5. The fourth-order valence-electron chi connectivity index (χ4n) is 2.56.